The Kier molecular flexibility index (Phi) is 4.72. The Balaban J connectivity index is 1.97. The summed E-state index contributed by atoms with van der Waals surface area (Å²) in [5.41, 5.74) is 1.85. The summed E-state index contributed by atoms with van der Waals surface area (Å²) in [6, 6.07) is 18.6. The number of alkyl halides is 3. The predicted octanol–water partition coefficient (Wildman–Crippen LogP) is 5.12. The molecular weight excluding hydrogens is 357 g/mol. The number of hydrogen-bond acceptors (Lipinski definition) is 2. The van der Waals surface area contributed by atoms with Crippen molar-refractivity contribution in [2.45, 2.75) is 22.5 Å². The van der Waals surface area contributed by atoms with E-state index < -0.39 is 22.0 Å². The molecule has 1 aliphatic heterocycles. The predicted molar refractivity (Wildman–Crippen MR) is 91.7 cm³/mol. The van der Waals surface area contributed by atoms with Crippen LogP contribution in [-0.2, 0) is 11.3 Å². The SMILES string of the molecule is O=C1O[C@H](C(Cl)(Cl)Cl)[C@@H](c2ccccc2)N1Cc1ccccc1. The first-order chi connectivity index (χ1) is 11.0. The number of cyclic esters (lactones) is 1. The number of ether oxygens (including phenoxy) is 1. The summed E-state index contributed by atoms with van der Waals surface area (Å²) in [4.78, 5) is 13.9. The van der Waals surface area contributed by atoms with Crippen LogP contribution in [0, 0.1) is 0 Å². The zero-order valence-electron chi connectivity index (χ0n) is 12.0. The van der Waals surface area contributed by atoms with Crippen LogP contribution in [0.15, 0.2) is 60.7 Å². The minimum absolute atomic E-state index is 0.385. The van der Waals surface area contributed by atoms with Crippen LogP contribution >= 0.6 is 34.8 Å². The van der Waals surface area contributed by atoms with Gasteiger partial charge in [-0.1, -0.05) is 95.5 Å². The van der Waals surface area contributed by atoms with Crippen molar-refractivity contribution in [1.29, 1.82) is 0 Å². The van der Waals surface area contributed by atoms with Gasteiger partial charge in [0.05, 0.1) is 0 Å². The topological polar surface area (TPSA) is 29.5 Å². The van der Waals surface area contributed by atoms with Crippen LogP contribution in [0.5, 0.6) is 0 Å². The highest BCUT2D eigenvalue weighted by Gasteiger charge is 2.52. The van der Waals surface area contributed by atoms with Gasteiger partial charge in [0, 0.05) is 6.54 Å². The summed E-state index contributed by atoms with van der Waals surface area (Å²) in [5, 5.41) is 0. The van der Waals surface area contributed by atoms with E-state index in [4.69, 9.17) is 39.5 Å². The normalized spacial score (nSPS) is 21.3. The molecule has 2 atom stereocenters. The van der Waals surface area contributed by atoms with Crippen molar-refractivity contribution >= 4 is 40.9 Å². The van der Waals surface area contributed by atoms with Gasteiger partial charge in [-0.2, -0.15) is 0 Å². The van der Waals surface area contributed by atoms with Crippen LogP contribution < -0.4 is 0 Å². The second-order valence-corrected chi connectivity index (χ2v) is 7.68. The number of rotatable bonds is 3. The van der Waals surface area contributed by atoms with E-state index in [1.165, 1.54) is 0 Å². The van der Waals surface area contributed by atoms with Crippen molar-refractivity contribution in [3.05, 3.63) is 71.8 Å². The Morgan fingerprint density at radius 3 is 2.09 bits per heavy atom. The maximum absolute atomic E-state index is 12.3. The van der Waals surface area contributed by atoms with Crippen molar-refractivity contribution < 1.29 is 9.53 Å². The van der Waals surface area contributed by atoms with Gasteiger partial charge in [-0.05, 0) is 11.1 Å². The van der Waals surface area contributed by atoms with Gasteiger partial charge in [0.2, 0.25) is 3.79 Å². The second-order valence-electron chi connectivity index (χ2n) is 5.31. The quantitative estimate of drug-likeness (QED) is 0.702. The number of nitrogens with zero attached hydrogens (tertiary/aromatic N) is 1. The largest absolute Gasteiger partial charge is 0.439 e. The lowest BCUT2D eigenvalue weighted by Gasteiger charge is -2.28. The molecule has 0 N–H and O–H groups in total. The fourth-order valence-electron chi connectivity index (χ4n) is 2.71. The second kappa shape index (κ2) is 6.60. The summed E-state index contributed by atoms with van der Waals surface area (Å²) < 4.78 is 3.66. The number of halogens is 3. The summed E-state index contributed by atoms with van der Waals surface area (Å²) in [6.07, 6.45) is -1.36. The molecule has 1 saturated heterocycles. The first-order valence-electron chi connectivity index (χ1n) is 7.09. The van der Waals surface area contributed by atoms with E-state index in [0.29, 0.717) is 6.54 Å². The number of benzene rings is 2. The maximum atomic E-state index is 12.3. The van der Waals surface area contributed by atoms with Gasteiger partial charge in [-0.3, -0.25) is 4.90 Å². The van der Waals surface area contributed by atoms with Crippen LogP contribution in [0.25, 0.3) is 0 Å². The van der Waals surface area contributed by atoms with Crippen LogP contribution in [0.4, 0.5) is 4.79 Å². The molecule has 120 valence electrons. The highest BCUT2D eigenvalue weighted by atomic mass is 35.6. The van der Waals surface area contributed by atoms with Crippen LogP contribution in [-0.4, -0.2) is 20.9 Å². The van der Waals surface area contributed by atoms with Crippen molar-refractivity contribution in [2.75, 3.05) is 0 Å². The molecule has 2 aromatic carbocycles. The summed E-state index contributed by atoms with van der Waals surface area (Å²) in [5.74, 6) is 0. The Hall–Kier alpha value is -1.42. The molecule has 23 heavy (non-hydrogen) atoms. The number of amides is 1. The molecule has 0 radical (unpaired) electrons. The zero-order valence-corrected chi connectivity index (χ0v) is 14.3. The molecule has 0 aromatic heterocycles. The van der Waals surface area contributed by atoms with Crippen molar-refractivity contribution in [1.82, 2.24) is 4.90 Å². The third-order valence-corrected chi connectivity index (χ3v) is 4.39. The van der Waals surface area contributed by atoms with Gasteiger partial charge in [-0.25, -0.2) is 4.79 Å². The van der Waals surface area contributed by atoms with Gasteiger partial charge in [0.1, 0.15) is 6.04 Å². The molecule has 1 aliphatic rings. The Morgan fingerprint density at radius 1 is 0.957 bits per heavy atom. The maximum Gasteiger partial charge on any atom is 0.411 e. The van der Waals surface area contributed by atoms with Crippen molar-refractivity contribution in [3.8, 4) is 0 Å². The van der Waals surface area contributed by atoms with E-state index in [9.17, 15) is 4.79 Å². The molecule has 3 rings (SSSR count). The fraction of sp³-hybridized carbons (Fsp3) is 0.235. The first kappa shape index (κ1) is 16.4. The number of hydrogen-bond donors (Lipinski definition) is 0. The molecule has 1 amide bonds. The average Bonchev–Trinajstić information content (AvgIpc) is 2.86. The fourth-order valence-corrected chi connectivity index (χ4v) is 3.20. The molecule has 1 fully saturated rings. The van der Waals surface area contributed by atoms with Gasteiger partial charge in [0.25, 0.3) is 0 Å². The summed E-state index contributed by atoms with van der Waals surface area (Å²) in [6.45, 7) is 0.385. The van der Waals surface area contributed by atoms with Crippen LogP contribution in [0.1, 0.15) is 17.2 Å². The van der Waals surface area contributed by atoms with Gasteiger partial charge >= 0.3 is 6.09 Å². The molecular formula is C17H14Cl3NO2. The Bertz CT molecular complexity index is 673. The lowest BCUT2D eigenvalue weighted by molar-refractivity contribution is 0.130. The van der Waals surface area contributed by atoms with E-state index in [0.717, 1.165) is 11.1 Å². The van der Waals surface area contributed by atoms with Gasteiger partial charge in [-0.15, -0.1) is 0 Å². The summed E-state index contributed by atoms with van der Waals surface area (Å²) >= 11 is 18.1. The van der Waals surface area contributed by atoms with E-state index in [2.05, 4.69) is 0 Å². The highest BCUT2D eigenvalue weighted by molar-refractivity contribution is 6.68. The molecule has 2 aromatic rings. The lowest BCUT2D eigenvalue weighted by atomic mass is 10.0. The molecule has 0 saturated carbocycles. The van der Waals surface area contributed by atoms with Gasteiger partial charge in [0.15, 0.2) is 6.10 Å². The molecule has 3 nitrogen and oxygen atoms in total. The van der Waals surface area contributed by atoms with Crippen molar-refractivity contribution in [2.24, 2.45) is 0 Å². The standard InChI is InChI=1S/C17H14Cl3NO2/c18-17(19,20)15-14(13-9-5-2-6-10-13)21(16(22)23-15)11-12-7-3-1-4-8-12/h1-10,14-15H,11H2/t14-,15+/m1/s1. The van der Waals surface area contributed by atoms with E-state index >= 15 is 0 Å². The van der Waals surface area contributed by atoms with Crippen molar-refractivity contribution in [3.63, 3.8) is 0 Å². The molecule has 1 heterocycles. The molecule has 0 unspecified atom stereocenters. The smallest absolute Gasteiger partial charge is 0.411 e. The summed E-state index contributed by atoms with van der Waals surface area (Å²) in [7, 11) is 0. The third kappa shape index (κ3) is 3.57. The van der Waals surface area contributed by atoms with E-state index in [1.807, 2.05) is 60.7 Å². The lowest BCUT2D eigenvalue weighted by Crippen LogP contribution is -2.35. The first-order valence-corrected chi connectivity index (χ1v) is 8.23. The minimum atomic E-state index is -1.71. The molecule has 6 heteroatoms. The Labute approximate surface area is 149 Å². The van der Waals surface area contributed by atoms with Crippen LogP contribution in [0.2, 0.25) is 0 Å². The molecule has 0 bridgehead atoms. The highest BCUT2D eigenvalue weighted by Crippen LogP contribution is 2.46. The zero-order chi connectivity index (χ0) is 16.4. The number of carbonyl (C=O) groups is 1. The molecule has 0 aliphatic carbocycles. The monoisotopic (exact) mass is 369 g/mol. The van der Waals surface area contributed by atoms with Gasteiger partial charge < -0.3 is 4.74 Å². The third-order valence-electron chi connectivity index (χ3n) is 3.74. The van der Waals surface area contributed by atoms with Crippen LogP contribution in [0.3, 0.4) is 0 Å². The average molecular weight is 371 g/mol. The minimum Gasteiger partial charge on any atom is -0.439 e. The number of carbonyl (C=O) groups excluding carboxylic acids is 1. The Morgan fingerprint density at radius 2 is 1.52 bits per heavy atom. The molecule has 0 spiro atoms. The van der Waals surface area contributed by atoms with E-state index in [-0.39, 0.29) is 0 Å². The van der Waals surface area contributed by atoms with E-state index in [1.54, 1.807) is 4.90 Å².